The molecule has 0 bridgehead atoms. The number of rotatable bonds is 10. The number of hydrogen-bond acceptors (Lipinski definition) is 3. The number of Topliss-reactive ketones (excluding diaryl/α,β-unsaturated/α-hetero) is 1. The van der Waals surface area contributed by atoms with Crippen molar-refractivity contribution in [2.45, 2.75) is 59.0 Å². The summed E-state index contributed by atoms with van der Waals surface area (Å²) in [6.45, 7) is 8.66. The fourth-order valence-corrected chi connectivity index (χ4v) is 3.49. The van der Waals surface area contributed by atoms with E-state index in [1.165, 1.54) is 25.7 Å². The lowest BCUT2D eigenvalue weighted by atomic mass is 10.1. The Bertz CT molecular complexity index is 426. The standard InChI is InChI=1S/C17H28O3Si/c1-5-6-7-8-9-14-19-21(3,4)20-17-12-10-16(11-13-17)15(2)18/h10-13H,5-9,14H2,1-4H3. The van der Waals surface area contributed by atoms with Gasteiger partial charge in [-0.05, 0) is 50.7 Å². The predicted molar refractivity (Wildman–Crippen MR) is 89.3 cm³/mol. The maximum Gasteiger partial charge on any atom is 0.392 e. The van der Waals surface area contributed by atoms with E-state index in [2.05, 4.69) is 20.0 Å². The summed E-state index contributed by atoms with van der Waals surface area (Å²) in [5.74, 6) is 0.851. The van der Waals surface area contributed by atoms with Crippen LogP contribution in [-0.2, 0) is 4.43 Å². The van der Waals surface area contributed by atoms with E-state index in [9.17, 15) is 4.79 Å². The van der Waals surface area contributed by atoms with Gasteiger partial charge in [-0.15, -0.1) is 0 Å². The van der Waals surface area contributed by atoms with Crippen LogP contribution in [0.4, 0.5) is 0 Å². The largest absolute Gasteiger partial charge is 0.520 e. The molecule has 0 aliphatic heterocycles. The Kier molecular flexibility index (Phi) is 7.68. The molecule has 0 aliphatic carbocycles. The summed E-state index contributed by atoms with van der Waals surface area (Å²) < 4.78 is 11.9. The summed E-state index contributed by atoms with van der Waals surface area (Å²) in [5.41, 5.74) is 0.707. The molecule has 1 rings (SSSR count). The molecule has 21 heavy (non-hydrogen) atoms. The molecule has 3 nitrogen and oxygen atoms in total. The molecule has 0 heterocycles. The van der Waals surface area contributed by atoms with Crippen molar-refractivity contribution in [3.63, 3.8) is 0 Å². The quantitative estimate of drug-likeness (QED) is 0.348. The summed E-state index contributed by atoms with van der Waals surface area (Å²) in [4.78, 5) is 11.2. The number of hydrogen-bond donors (Lipinski definition) is 0. The Morgan fingerprint density at radius 2 is 1.67 bits per heavy atom. The van der Waals surface area contributed by atoms with Crippen LogP contribution >= 0.6 is 0 Å². The third-order valence-corrected chi connectivity index (χ3v) is 4.95. The van der Waals surface area contributed by atoms with Crippen molar-refractivity contribution in [2.75, 3.05) is 6.61 Å². The van der Waals surface area contributed by atoms with Crippen LogP contribution in [-0.4, -0.2) is 21.0 Å². The van der Waals surface area contributed by atoms with Gasteiger partial charge in [0.25, 0.3) is 0 Å². The number of carbonyl (C=O) groups excluding carboxylic acids is 1. The highest BCUT2D eigenvalue weighted by Crippen LogP contribution is 2.18. The fraction of sp³-hybridized carbons (Fsp3) is 0.588. The van der Waals surface area contributed by atoms with Gasteiger partial charge in [-0.25, -0.2) is 0 Å². The van der Waals surface area contributed by atoms with Gasteiger partial charge in [-0.1, -0.05) is 32.6 Å². The molecule has 1 aromatic carbocycles. The van der Waals surface area contributed by atoms with E-state index in [4.69, 9.17) is 8.85 Å². The van der Waals surface area contributed by atoms with Crippen LogP contribution in [0.1, 0.15) is 56.3 Å². The van der Waals surface area contributed by atoms with Crippen molar-refractivity contribution >= 4 is 14.3 Å². The molecule has 0 amide bonds. The summed E-state index contributed by atoms with van der Waals surface area (Å²) in [7, 11) is -2.14. The fourth-order valence-electron chi connectivity index (χ4n) is 2.09. The highest BCUT2D eigenvalue weighted by Gasteiger charge is 2.26. The minimum atomic E-state index is -2.14. The first-order valence-corrected chi connectivity index (χ1v) is 10.7. The molecule has 0 saturated carbocycles. The summed E-state index contributed by atoms with van der Waals surface area (Å²) in [6, 6.07) is 7.28. The van der Waals surface area contributed by atoms with Gasteiger partial charge in [0, 0.05) is 12.2 Å². The van der Waals surface area contributed by atoms with E-state index in [0.717, 1.165) is 18.8 Å². The Morgan fingerprint density at radius 1 is 1.05 bits per heavy atom. The molecule has 0 atom stereocenters. The van der Waals surface area contributed by atoms with Gasteiger partial charge >= 0.3 is 8.56 Å². The normalized spacial score (nSPS) is 11.4. The first-order valence-electron chi connectivity index (χ1n) is 7.88. The van der Waals surface area contributed by atoms with Crippen LogP contribution < -0.4 is 4.43 Å². The molecule has 0 aliphatic rings. The van der Waals surface area contributed by atoms with Gasteiger partial charge in [0.05, 0.1) is 0 Å². The Labute approximate surface area is 129 Å². The monoisotopic (exact) mass is 308 g/mol. The number of unbranched alkanes of at least 4 members (excludes halogenated alkanes) is 4. The van der Waals surface area contributed by atoms with Crippen molar-refractivity contribution in [3.05, 3.63) is 29.8 Å². The third-order valence-electron chi connectivity index (χ3n) is 3.32. The second-order valence-electron chi connectivity index (χ2n) is 5.85. The third kappa shape index (κ3) is 7.44. The van der Waals surface area contributed by atoms with Crippen molar-refractivity contribution in [2.24, 2.45) is 0 Å². The minimum absolute atomic E-state index is 0.0707. The molecule has 0 N–H and O–H groups in total. The lowest BCUT2D eigenvalue weighted by molar-refractivity contribution is 0.101. The maximum atomic E-state index is 11.2. The van der Waals surface area contributed by atoms with Crippen LogP contribution in [0.25, 0.3) is 0 Å². The average molecular weight is 308 g/mol. The highest BCUT2D eigenvalue weighted by atomic mass is 28.4. The van der Waals surface area contributed by atoms with Crippen molar-refractivity contribution in [3.8, 4) is 5.75 Å². The van der Waals surface area contributed by atoms with Crippen LogP contribution in [0.2, 0.25) is 13.1 Å². The lowest BCUT2D eigenvalue weighted by Crippen LogP contribution is -2.38. The molecule has 0 unspecified atom stereocenters. The molecular weight excluding hydrogens is 280 g/mol. The average Bonchev–Trinajstić information content (AvgIpc) is 2.43. The van der Waals surface area contributed by atoms with Crippen molar-refractivity contribution < 1.29 is 13.6 Å². The van der Waals surface area contributed by atoms with Crippen molar-refractivity contribution in [1.82, 2.24) is 0 Å². The highest BCUT2D eigenvalue weighted by molar-refractivity contribution is 6.65. The zero-order valence-corrected chi connectivity index (χ0v) is 14.8. The van der Waals surface area contributed by atoms with E-state index in [1.807, 2.05) is 12.1 Å². The minimum Gasteiger partial charge on any atom is -0.520 e. The van der Waals surface area contributed by atoms with Gasteiger partial charge < -0.3 is 8.85 Å². The number of ketones is 1. The van der Waals surface area contributed by atoms with E-state index in [0.29, 0.717) is 5.56 Å². The first-order chi connectivity index (χ1) is 9.94. The smallest absolute Gasteiger partial charge is 0.392 e. The lowest BCUT2D eigenvalue weighted by Gasteiger charge is -2.24. The SMILES string of the molecule is CCCCCCCO[Si](C)(C)Oc1ccc(C(C)=O)cc1. The van der Waals surface area contributed by atoms with E-state index < -0.39 is 8.56 Å². The Morgan fingerprint density at radius 3 is 2.24 bits per heavy atom. The molecular formula is C17H28O3Si. The molecule has 0 aromatic heterocycles. The molecule has 0 fully saturated rings. The number of carbonyl (C=O) groups is 1. The Balaban J connectivity index is 2.35. The molecule has 0 radical (unpaired) electrons. The summed E-state index contributed by atoms with van der Waals surface area (Å²) >= 11 is 0. The topological polar surface area (TPSA) is 35.5 Å². The number of benzene rings is 1. The van der Waals surface area contributed by atoms with Gasteiger partial charge in [-0.3, -0.25) is 4.79 Å². The maximum absolute atomic E-state index is 11.2. The molecule has 0 saturated heterocycles. The molecule has 4 heteroatoms. The van der Waals surface area contributed by atoms with Crippen molar-refractivity contribution in [1.29, 1.82) is 0 Å². The van der Waals surface area contributed by atoms with Gasteiger partial charge in [0.15, 0.2) is 5.78 Å². The van der Waals surface area contributed by atoms with Crippen LogP contribution in [0.3, 0.4) is 0 Å². The van der Waals surface area contributed by atoms with E-state index in [-0.39, 0.29) is 5.78 Å². The molecule has 118 valence electrons. The van der Waals surface area contributed by atoms with Crippen LogP contribution in [0.15, 0.2) is 24.3 Å². The van der Waals surface area contributed by atoms with Crippen LogP contribution in [0.5, 0.6) is 5.75 Å². The van der Waals surface area contributed by atoms with Gasteiger partial charge in [0.2, 0.25) is 0 Å². The summed E-state index contributed by atoms with van der Waals surface area (Å²) in [6.07, 6.45) is 6.18. The molecule has 1 aromatic rings. The first kappa shape index (κ1) is 17.9. The second kappa shape index (κ2) is 9.00. The van der Waals surface area contributed by atoms with Gasteiger partial charge in [0.1, 0.15) is 5.75 Å². The second-order valence-corrected chi connectivity index (χ2v) is 9.14. The van der Waals surface area contributed by atoms with Crippen LogP contribution in [0, 0.1) is 0 Å². The summed E-state index contributed by atoms with van der Waals surface area (Å²) in [5, 5.41) is 0. The van der Waals surface area contributed by atoms with Gasteiger partial charge in [-0.2, -0.15) is 0 Å². The predicted octanol–water partition coefficient (Wildman–Crippen LogP) is 4.96. The zero-order valence-electron chi connectivity index (χ0n) is 13.8. The van der Waals surface area contributed by atoms with E-state index in [1.54, 1.807) is 19.1 Å². The van der Waals surface area contributed by atoms with E-state index >= 15 is 0 Å². The Hall–Kier alpha value is -1.13. The molecule has 0 spiro atoms. The zero-order chi connectivity index (χ0) is 15.7.